The van der Waals surface area contributed by atoms with Crippen molar-refractivity contribution in [2.75, 3.05) is 14.2 Å². The zero-order valence-electron chi connectivity index (χ0n) is 19.3. The Labute approximate surface area is 200 Å². The second-order valence-corrected chi connectivity index (χ2v) is 7.91. The lowest BCUT2D eigenvalue weighted by molar-refractivity contribution is -0.122. The Morgan fingerprint density at radius 3 is 2.63 bits per heavy atom. The van der Waals surface area contributed by atoms with Crippen LogP contribution in [-0.2, 0) is 17.9 Å². The van der Waals surface area contributed by atoms with Crippen LogP contribution in [0.15, 0.2) is 77.9 Å². The Bertz CT molecular complexity index is 1600. The summed E-state index contributed by atoms with van der Waals surface area (Å²) in [7, 11) is 3.09. The van der Waals surface area contributed by atoms with Gasteiger partial charge in [0, 0.05) is 17.7 Å². The van der Waals surface area contributed by atoms with Gasteiger partial charge in [0.25, 0.3) is 5.56 Å². The maximum atomic E-state index is 13.1. The van der Waals surface area contributed by atoms with Gasteiger partial charge in [0.1, 0.15) is 18.4 Å². The van der Waals surface area contributed by atoms with Gasteiger partial charge >= 0.3 is 0 Å². The van der Waals surface area contributed by atoms with Crippen LogP contribution in [0.5, 0.6) is 11.5 Å². The first-order valence-electron chi connectivity index (χ1n) is 11.0. The van der Waals surface area contributed by atoms with E-state index in [0.29, 0.717) is 22.7 Å². The third-order valence-corrected chi connectivity index (χ3v) is 5.81. The number of carbonyl (C=O) groups is 1. The zero-order valence-corrected chi connectivity index (χ0v) is 19.3. The summed E-state index contributed by atoms with van der Waals surface area (Å²) in [5, 5.41) is 13.6. The minimum atomic E-state index is -0.402. The van der Waals surface area contributed by atoms with E-state index in [1.54, 1.807) is 26.4 Å². The van der Waals surface area contributed by atoms with Gasteiger partial charge in [0.15, 0.2) is 11.5 Å². The summed E-state index contributed by atoms with van der Waals surface area (Å²) in [6.45, 7) is -0.00941. The van der Waals surface area contributed by atoms with E-state index >= 15 is 0 Å². The van der Waals surface area contributed by atoms with E-state index in [1.807, 2.05) is 54.6 Å². The Kier molecular flexibility index (Phi) is 5.88. The van der Waals surface area contributed by atoms with E-state index in [1.165, 1.54) is 10.8 Å². The Hall–Kier alpha value is -4.66. The van der Waals surface area contributed by atoms with Crippen molar-refractivity contribution in [2.45, 2.75) is 13.1 Å². The number of fused-ring (bicyclic) bond motifs is 2. The smallest absolute Gasteiger partial charge is 0.293 e. The fraction of sp³-hybridized carbons (Fsp3) is 0.154. The largest absolute Gasteiger partial charge is 0.493 e. The first-order valence-corrected chi connectivity index (χ1v) is 11.0. The summed E-state index contributed by atoms with van der Waals surface area (Å²) in [5.74, 6) is 0.764. The van der Waals surface area contributed by atoms with Crippen LogP contribution in [0.4, 0.5) is 0 Å². The molecule has 0 bridgehead atoms. The fourth-order valence-electron chi connectivity index (χ4n) is 4.11. The van der Waals surface area contributed by atoms with Gasteiger partial charge in [0.2, 0.25) is 5.91 Å². The van der Waals surface area contributed by atoms with Crippen LogP contribution in [0.25, 0.3) is 27.5 Å². The molecule has 0 saturated heterocycles. The van der Waals surface area contributed by atoms with Crippen LogP contribution in [-0.4, -0.2) is 39.5 Å². The molecule has 0 aliphatic rings. The topological polar surface area (TPSA) is 99.8 Å². The van der Waals surface area contributed by atoms with Crippen LogP contribution in [0.2, 0.25) is 0 Å². The van der Waals surface area contributed by atoms with Crippen LogP contribution in [0, 0.1) is 0 Å². The number of benzene rings is 3. The van der Waals surface area contributed by atoms with E-state index < -0.39 is 5.56 Å². The summed E-state index contributed by atoms with van der Waals surface area (Å²) < 4.78 is 13.3. The lowest BCUT2D eigenvalue weighted by atomic mass is 10.0. The number of para-hydroxylation sites is 1. The highest BCUT2D eigenvalue weighted by Crippen LogP contribution is 2.30. The molecule has 176 valence electrons. The number of ether oxygens (including phenoxy) is 2. The molecule has 1 amide bonds. The molecule has 2 aromatic heterocycles. The molecule has 1 N–H and O–H groups in total. The SMILES string of the molecule is COc1cccc(CNC(=O)Cn2ncn3nc(-c4cccc5ccccc45)cc3c2=O)c1OC. The predicted molar refractivity (Wildman–Crippen MR) is 132 cm³/mol. The monoisotopic (exact) mass is 469 g/mol. The molecule has 0 unspecified atom stereocenters. The fourth-order valence-corrected chi connectivity index (χ4v) is 4.11. The van der Waals surface area contributed by atoms with Gasteiger partial charge in [-0.15, -0.1) is 0 Å². The molecule has 3 aromatic carbocycles. The molecule has 9 heteroatoms. The number of amides is 1. The normalized spacial score (nSPS) is 11.0. The lowest BCUT2D eigenvalue weighted by Gasteiger charge is -2.13. The zero-order chi connectivity index (χ0) is 24.4. The van der Waals surface area contributed by atoms with Gasteiger partial charge < -0.3 is 14.8 Å². The second kappa shape index (κ2) is 9.30. The van der Waals surface area contributed by atoms with Crippen molar-refractivity contribution in [1.82, 2.24) is 24.7 Å². The van der Waals surface area contributed by atoms with Crippen LogP contribution in [0.1, 0.15) is 5.56 Å². The van der Waals surface area contributed by atoms with Crippen molar-refractivity contribution >= 4 is 22.2 Å². The van der Waals surface area contributed by atoms with Crippen LogP contribution >= 0.6 is 0 Å². The Morgan fingerprint density at radius 1 is 1.00 bits per heavy atom. The second-order valence-electron chi connectivity index (χ2n) is 7.91. The van der Waals surface area contributed by atoms with E-state index in [4.69, 9.17) is 9.47 Å². The van der Waals surface area contributed by atoms with Crippen molar-refractivity contribution < 1.29 is 14.3 Å². The summed E-state index contributed by atoms with van der Waals surface area (Å²) in [6, 6.07) is 21.1. The summed E-state index contributed by atoms with van der Waals surface area (Å²) in [6.07, 6.45) is 1.43. The summed E-state index contributed by atoms with van der Waals surface area (Å²) in [4.78, 5) is 25.6. The molecule has 0 spiro atoms. The maximum absolute atomic E-state index is 13.1. The van der Waals surface area contributed by atoms with Crippen molar-refractivity contribution in [3.05, 3.63) is 89.0 Å². The van der Waals surface area contributed by atoms with Gasteiger partial charge in [-0.2, -0.15) is 10.2 Å². The van der Waals surface area contributed by atoms with Gasteiger partial charge in [0.05, 0.1) is 19.9 Å². The van der Waals surface area contributed by atoms with E-state index in [-0.39, 0.29) is 19.0 Å². The standard InChI is InChI=1S/C26H23N5O4/c1-34-23-12-6-9-18(25(23)35-2)14-27-24(32)15-30-26(33)22-13-21(29-31(22)16-28-30)20-11-5-8-17-7-3-4-10-19(17)20/h3-13,16H,14-15H2,1-2H3,(H,27,32). The minimum absolute atomic E-state index is 0.216. The molecule has 0 aliphatic carbocycles. The van der Waals surface area contributed by atoms with Crippen molar-refractivity contribution in [2.24, 2.45) is 0 Å². The average molecular weight is 470 g/mol. The van der Waals surface area contributed by atoms with Crippen LogP contribution in [0.3, 0.4) is 0 Å². The van der Waals surface area contributed by atoms with Gasteiger partial charge in [-0.25, -0.2) is 9.20 Å². The van der Waals surface area contributed by atoms with Gasteiger partial charge in [-0.1, -0.05) is 54.6 Å². The molecule has 9 nitrogen and oxygen atoms in total. The number of rotatable bonds is 7. The first-order chi connectivity index (χ1) is 17.1. The molecule has 0 radical (unpaired) electrons. The number of nitrogens with zero attached hydrogens (tertiary/aromatic N) is 4. The van der Waals surface area contributed by atoms with Crippen LogP contribution < -0.4 is 20.3 Å². The number of methoxy groups -OCH3 is 2. The van der Waals surface area contributed by atoms with Crippen molar-refractivity contribution in [1.29, 1.82) is 0 Å². The quantitative estimate of drug-likeness (QED) is 0.393. The highest BCUT2D eigenvalue weighted by atomic mass is 16.5. The highest BCUT2D eigenvalue weighted by Gasteiger charge is 2.15. The van der Waals surface area contributed by atoms with E-state index in [0.717, 1.165) is 26.6 Å². The lowest BCUT2D eigenvalue weighted by Crippen LogP contribution is -2.34. The molecule has 35 heavy (non-hydrogen) atoms. The van der Waals surface area contributed by atoms with Gasteiger partial charge in [-0.3, -0.25) is 9.59 Å². The van der Waals surface area contributed by atoms with Gasteiger partial charge in [-0.05, 0) is 22.9 Å². The first kappa shape index (κ1) is 22.1. The molecule has 0 saturated carbocycles. The summed E-state index contributed by atoms with van der Waals surface area (Å²) in [5.41, 5.74) is 2.27. The number of hydrogen-bond acceptors (Lipinski definition) is 6. The molecule has 0 aliphatic heterocycles. The number of nitrogens with one attached hydrogen (secondary N) is 1. The Morgan fingerprint density at radius 2 is 1.80 bits per heavy atom. The van der Waals surface area contributed by atoms with Crippen molar-refractivity contribution in [3.8, 4) is 22.8 Å². The third kappa shape index (κ3) is 4.19. The number of hydrogen-bond donors (Lipinski definition) is 1. The average Bonchev–Trinajstić information content (AvgIpc) is 3.33. The molecular formula is C26H23N5O4. The third-order valence-electron chi connectivity index (χ3n) is 5.81. The van der Waals surface area contributed by atoms with E-state index in [2.05, 4.69) is 15.5 Å². The molecular weight excluding hydrogens is 446 g/mol. The Balaban J connectivity index is 1.38. The predicted octanol–water partition coefficient (Wildman–Crippen LogP) is 3.04. The molecule has 5 rings (SSSR count). The highest BCUT2D eigenvalue weighted by molar-refractivity contribution is 5.96. The molecule has 5 aromatic rings. The molecule has 2 heterocycles. The molecule has 0 fully saturated rings. The minimum Gasteiger partial charge on any atom is -0.493 e. The summed E-state index contributed by atoms with van der Waals surface area (Å²) >= 11 is 0. The van der Waals surface area contributed by atoms with Crippen molar-refractivity contribution in [3.63, 3.8) is 0 Å². The molecule has 0 atom stereocenters. The van der Waals surface area contributed by atoms with E-state index in [9.17, 15) is 9.59 Å². The maximum Gasteiger partial charge on any atom is 0.293 e. The number of carbonyl (C=O) groups excluding carboxylic acids is 1. The number of aromatic nitrogens is 4.